The zero-order valence-electron chi connectivity index (χ0n) is 16.0. The summed E-state index contributed by atoms with van der Waals surface area (Å²) in [5, 5.41) is 2.57. The second-order valence-electron chi connectivity index (χ2n) is 7.08. The lowest BCUT2D eigenvalue weighted by molar-refractivity contribution is 0.0523. The van der Waals surface area contributed by atoms with Gasteiger partial charge in [-0.3, -0.25) is 4.99 Å². The molecule has 0 spiro atoms. The first-order valence-electron chi connectivity index (χ1n) is 8.64. The van der Waals surface area contributed by atoms with Crippen LogP contribution >= 0.6 is 0 Å². The van der Waals surface area contributed by atoms with Gasteiger partial charge in [0.25, 0.3) is 0 Å². The van der Waals surface area contributed by atoms with Crippen LogP contribution in [0.2, 0.25) is 0 Å². The largest absolute Gasteiger partial charge is 0.444 e. The van der Waals surface area contributed by atoms with E-state index in [1.165, 1.54) is 48.7 Å². The number of nitrogens with one attached hydrogen (secondary N) is 1. The number of rotatable bonds is 5. The molecule has 2 aromatic carbocycles. The van der Waals surface area contributed by atoms with Gasteiger partial charge in [-0.05, 0) is 74.9 Å². The third-order valence-corrected chi connectivity index (χ3v) is 3.43. The average molecular weight is 387 g/mol. The van der Waals surface area contributed by atoms with Gasteiger partial charge in [0, 0.05) is 24.0 Å². The van der Waals surface area contributed by atoms with Gasteiger partial charge in [-0.25, -0.2) is 13.6 Å². The molecular formula is C21H23F2N3O2. The Bertz CT molecular complexity index is 886. The zero-order chi connectivity index (χ0) is 20.7. The normalized spacial score (nSPS) is 12.2. The Morgan fingerprint density at radius 3 is 2.46 bits per heavy atom. The lowest BCUT2D eigenvalue weighted by Gasteiger charge is -2.19. The number of ether oxygens (including phenoxy) is 1. The van der Waals surface area contributed by atoms with Gasteiger partial charge in [-0.1, -0.05) is 0 Å². The van der Waals surface area contributed by atoms with Crippen molar-refractivity contribution in [1.29, 1.82) is 0 Å². The molecule has 5 nitrogen and oxygen atoms in total. The Labute approximate surface area is 162 Å². The number of hydrogen-bond donors (Lipinski definition) is 2. The van der Waals surface area contributed by atoms with Crippen molar-refractivity contribution < 1.29 is 18.3 Å². The van der Waals surface area contributed by atoms with Crippen molar-refractivity contribution in [3.8, 4) is 0 Å². The lowest BCUT2D eigenvalue weighted by Crippen LogP contribution is -2.32. The number of alkyl carbamates (subject to hydrolysis) is 1. The molecule has 0 saturated heterocycles. The molecule has 1 amide bonds. The number of nitrogens with two attached hydrogens (primary N) is 1. The van der Waals surface area contributed by atoms with Crippen molar-refractivity contribution in [2.24, 2.45) is 10.7 Å². The standard InChI is InChI=1S/C21H23F2N3O2/c1-21(2,3)28-20(27)26-13-14-10-15(12-17(23)11-14)19(24)8-9-25-18-6-4-16(22)5-7-18/h4-12H,13,24H2,1-3H3,(H,26,27). The number of carbonyl (C=O) groups is 1. The minimum atomic E-state index is -0.617. The van der Waals surface area contributed by atoms with E-state index in [1.807, 2.05) is 0 Å². The van der Waals surface area contributed by atoms with Crippen LogP contribution in [0.25, 0.3) is 5.70 Å². The molecule has 0 aliphatic heterocycles. The number of amides is 1. The molecule has 0 aromatic heterocycles. The summed E-state index contributed by atoms with van der Waals surface area (Å²) < 4.78 is 31.9. The van der Waals surface area contributed by atoms with Crippen LogP contribution in [0.4, 0.5) is 19.3 Å². The van der Waals surface area contributed by atoms with Crippen LogP contribution in [-0.4, -0.2) is 17.9 Å². The Balaban J connectivity index is 2.06. The van der Waals surface area contributed by atoms with Crippen molar-refractivity contribution in [3.05, 3.63) is 71.3 Å². The fourth-order valence-corrected chi connectivity index (χ4v) is 2.23. The third kappa shape index (κ3) is 7.19. The molecule has 148 valence electrons. The van der Waals surface area contributed by atoms with E-state index < -0.39 is 17.5 Å². The first kappa shape index (κ1) is 21.1. The number of nitrogens with zero attached hydrogens (tertiary/aromatic N) is 1. The van der Waals surface area contributed by atoms with Crippen LogP contribution in [0.15, 0.2) is 53.5 Å². The fourth-order valence-electron chi connectivity index (χ4n) is 2.23. The first-order valence-corrected chi connectivity index (χ1v) is 8.64. The fraction of sp³-hybridized carbons (Fsp3) is 0.238. The number of aliphatic imine (C=N–C) groups is 1. The molecule has 0 aliphatic rings. The molecular weight excluding hydrogens is 364 g/mol. The monoisotopic (exact) mass is 387 g/mol. The van der Waals surface area contributed by atoms with Gasteiger partial charge in [0.15, 0.2) is 0 Å². The number of allylic oxidation sites excluding steroid dienone is 1. The summed E-state index contributed by atoms with van der Waals surface area (Å²) >= 11 is 0. The minimum Gasteiger partial charge on any atom is -0.444 e. The highest BCUT2D eigenvalue weighted by molar-refractivity contribution is 5.85. The number of benzene rings is 2. The van der Waals surface area contributed by atoms with Gasteiger partial charge in [0.05, 0.1) is 5.69 Å². The molecule has 3 N–H and O–H groups in total. The second-order valence-corrected chi connectivity index (χ2v) is 7.08. The Hall–Kier alpha value is -3.22. The molecule has 2 aromatic rings. The predicted octanol–water partition coefficient (Wildman–Crippen LogP) is 4.69. The maximum Gasteiger partial charge on any atom is 0.407 e. The van der Waals surface area contributed by atoms with E-state index in [1.54, 1.807) is 26.8 Å². The minimum absolute atomic E-state index is 0.0939. The molecule has 0 aliphatic carbocycles. The molecule has 0 radical (unpaired) electrons. The van der Waals surface area contributed by atoms with Crippen molar-refractivity contribution in [3.63, 3.8) is 0 Å². The van der Waals surface area contributed by atoms with Crippen molar-refractivity contribution in [2.45, 2.75) is 32.9 Å². The Kier molecular flexibility index (Phi) is 6.87. The highest BCUT2D eigenvalue weighted by Gasteiger charge is 2.15. The maximum absolute atomic E-state index is 13.9. The van der Waals surface area contributed by atoms with E-state index in [-0.39, 0.29) is 12.4 Å². The molecule has 2 rings (SSSR count). The average Bonchev–Trinajstić information content (AvgIpc) is 2.59. The predicted molar refractivity (Wildman–Crippen MR) is 106 cm³/mol. The van der Waals surface area contributed by atoms with Gasteiger partial charge in [0.2, 0.25) is 0 Å². The molecule has 0 atom stereocenters. The van der Waals surface area contributed by atoms with Gasteiger partial charge in [-0.15, -0.1) is 0 Å². The summed E-state index contributed by atoms with van der Waals surface area (Å²) in [5.41, 5.74) is 7.22. The molecule has 0 heterocycles. The smallest absolute Gasteiger partial charge is 0.407 e. The van der Waals surface area contributed by atoms with Crippen LogP contribution in [0, 0.1) is 11.6 Å². The highest BCUT2D eigenvalue weighted by atomic mass is 19.1. The number of halogens is 2. The van der Waals surface area contributed by atoms with Crippen LogP contribution in [0.1, 0.15) is 31.9 Å². The van der Waals surface area contributed by atoms with Crippen molar-refractivity contribution >= 4 is 23.7 Å². The molecule has 0 bridgehead atoms. The van der Waals surface area contributed by atoms with Gasteiger partial charge < -0.3 is 15.8 Å². The number of hydrogen-bond acceptors (Lipinski definition) is 4. The first-order chi connectivity index (χ1) is 13.1. The summed E-state index contributed by atoms with van der Waals surface area (Å²) in [4.78, 5) is 15.9. The second kappa shape index (κ2) is 9.12. The van der Waals surface area contributed by atoms with E-state index >= 15 is 0 Å². The topological polar surface area (TPSA) is 76.7 Å². The molecule has 0 saturated carbocycles. The van der Waals surface area contributed by atoms with Gasteiger partial charge in [-0.2, -0.15) is 0 Å². The van der Waals surface area contributed by atoms with E-state index in [0.717, 1.165) is 0 Å². The quantitative estimate of drug-likeness (QED) is 0.731. The van der Waals surface area contributed by atoms with Gasteiger partial charge >= 0.3 is 6.09 Å². The Morgan fingerprint density at radius 1 is 1.14 bits per heavy atom. The van der Waals surface area contributed by atoms with Crippen molar-refractivity contribution in [1.82, 2.24) is 5.32 Å². The summed E-state index contributed by atoms with van der Waals surface area (Å²) in [6, 6.07) is 9.91. The summed E-state index contributed by atoms with van der Waals surface area (Å²) in [5.74, 6) is -0.827. The lowest BCUT2D eigenvalue weighted by atomic mass is 10.1. The molecule has 0 fully saturated rings. The zero-order valence-corrected chi connectivity index (χ0v) is 16.0. The van der Waals surface area contributed by atoms with Crippen LogP contribution in [0.3, 0.4) is 0 Å². The third-order valence-electron chi connectivity index (χ3n) is 3.43. The Morgan fingerprint density at radius 2 is 1.82 bits per heavy atom. The highest BCUT2D eigenvalue weighted by Crippen LogP contribution is 2.16. The number of carbonyl (C=O) groups excluding carboxylic acids is 1. The molecule has 7 heteroatoms. The summed E-state index contributed by atoms with van der Waals surface area (Å²) in [6.07, 6.45) is 2.38. The maximum atomic E-state index is 13.9. The summed E-state index contributed by atoms with van der Waals surface area (Å²) in [6.45, 7) is 5.36. The van der Waals surface area contributed by atoms with E-state index in [9.17, 15) is 13.6 Å². The molecule has 0 unspecified atom stereocenters. The van der Waals surface area contributed by atoms with E-state index in [4.69, 9.17) is 10.5 Å². The SMILES string of the molecule is CC(C)(C)OC(=O)NCc1cc(F)cc(C(N)=CC=Nc2ccc(F)cc2)c1. The van der Waals surface area contributed by atoms with Crippen molar-refractivity contribution in [2.75, 3.05) is 0 Å². The summed E-state index contributed by atoms with van der Waals surface area (Å²) in [7, 11) is 0. The van der Waals surface area contributed by atoms with E-state index in [0.29, 0.717) is 22.5 Å². The van der Waals surface area contributed by atoms with Crippen LogP contribution in [0.5, 0.6) is 0 Å². The van der Waals surface area contributed by atoms with Gasteiger partial charge in [0.1, 0.15) is 17.2 Å². The van der Waals surface area contributed by atoms with Crippen LogP contribution in [-0.2, 0) is 11.3 Å². The molecule has 28 heavy (non-hydrogen) atoms. The van der Waals surface area contributed by atoms with Crippen LogP contribution < -0.4 is 11.1 Å². The van der Waals surface area contributed by atoms with E-state index in [2.05, 4.69) is 10.3 Å².